The number of benzene rings is 1. The summed E-state index contributed by atoms with van der Waals surface area (Å²) < 4.78 is 7.48. The highest BCUT2D eigenvalue weighted by Gasteiger charge is 2.21. The van der Waals surface area contributed by atoms with Crippen molar-refractivity contribution in [2.75, 3.05) is 0 Å². The fourth-order valence-electron chi connectivity index (χ4n) is 3.89. The second-order valence-electron chi connectivity index (χ2n) is 7.82. The quantitative estimate of drug-likeness (QED) is 0.314. The third kappa shape index (κ3) is 5.15. The molecule has 1 N–H and O–H groups in total. The van der Waals surface area contributed by atoms with Gasteiger partial charge in [0.2, 0.25) is 5.82 Å². The lowest BCUT2D eigenvalue weighted by Crippen LogP contribution is -2.36. The fourth-order valence-corrected chi connectivity index (χ4v) is 5.82. The molecule has 1 fully saturated rings. The Morgan fingerprint density at radius 1 is 1.21 bits per heavy atom. The number of hydrogen-bond acceptors (Lipinski definition) is 7. The molecule has 0 unspecified atom stereocenters. The van der Waals surface area contributed by atoms with Crippen LogP contribution in [0.15, 0.2) is 57.6 Å². The van der Waals surface area contributed by atoms with Crippen LogP contribution in [0.5, 0.6) is 0 Å². The highest BCUT2D eigenvalue weighted by Crippen LogP contribution is 2.31. The van der Waals surface area contributed by atoms with Crippen LogP contribution >= 0.6 is 34.7 Å². The molecule has 10 heteroatoms. The van der Waals surface area contributed by atoms with Gasteiger partial charge in [0.1, 0.15) is 10.7 Å². The number of nitrogens with zero attached hydrogens (tertiary/aromatic N) is 4. The summed E-state index contributed by atoms with van der Waals surface area (Å²) in [6.07, 6.45) is 7.32. The topological polar surface area (TPSA) is 85.8 Å². The van der Waals surface area contributed by atoms with Crippen molar-refractivity contribution in [2.24, 2.45) is 0 Å². The summed E-state index contributed by atoms with van der Waals surface area (Å²) >= 11 is 9.21. The molecule has 1 aliphatic carbocycles. The van der Waals surface area contributed by atoms with Gasteiger partial charge in [-0.2, -0.15) is 0 Å². The zero-order chi connectivity index (χ0) is 22.6. The van der Waals surface area contributed by atoms with Gasteiger partial charge in [-0.1, -0.05) is 48.7 Å². The number of nitrogens with one attached hydrogen (secondary N) is 1. The monoisotopic (exact) mass is 499 g/mol. The lowest BCUT2D eigenvalue weighted by molar-refractivity contribution is 0.0923. The third-order valence-corrected chi connectivity index (χ3v) is 7.70. The van der Waals surface area contributed by atoms with Crippen LogP contribution in [0.3, 0.4) is 0 Å². The van der Waals surface area contributed by atoms with Crippen molar-refractivity contribution in [3.8, 4) is 17.3 Å². The minimum Gasteiger partial charge on any atom is -0.461 e. The normalized spacial score (nSPS) is 14.5. The van der Waals surface area contributed by atoms with Crippen LogP contribution < -0.4 is 5.32 Å². The van der Waals surface area contributed by atoms with E-state index in [0.29, 0.717) is 33.2 Å². The van der Waals surface area contributed by atoms with Crippen LogP contribution in [0, 0.1) is 0 Å². The fraction of sp³-hybridized carbons (Fsp3) is 0.304. The molecule has 0 aliphatic heterocycles. The van der Waals surface area contributed by atoms with E-state index in [2.05, 4.69) is 20.5 Å². The Labute approximate surface area is 204 Å². The molecular formula is C23H22ClN5O2S2. The SMILES string of the molecule is O=C(NC1CCCCC1)c1csc(CSc2nnc(-c3ccco3)n2-c2cccc(Cl)c2)n1. The molecule has 3 heterocycles. The van der Waals surface area contributed by atoms with Crippen molar-refractivity contribution in [3.05, 3.63) is 63.8 Å². The van der Waals surface area contributed by atoms with Gasteiger partial charge in [0.25, 0.3) is 5.91 Å². The molecule has 1 saturated carbocycles. The molecular weight excluding hydrogens is 478 g/mol. The number of hydrogen-bond donors (Lipinski definition) is 1. The minimum absolute atomic E-state index is 0.0865. The molecule has 170 valence electrons. The van der Waals surface area contributed by atoms with Gasteiger partial charge in [0, 0.05) is 16.4 Å². The van der Waals surface area contributed by atoms with E-state index >= 15 is 0 Å². The Bertz CT molecular complexity index is 1230. The molecule has 0 spiro atoms. The largest absolute Gasteiger partial charge is 0.461 e. The zero-order valence-electron chi connectivity index (χ0n) is 17.7. The lowest BCUT2D eigenvalue weighted by atomic mass is 9.95. The molecule has 0 saturated heterocycles. The second kappa shape index (κ2) is 10.1. The predicted octanol–water partition coefficient (Wildman–Crippen LogP) is 5.99. The van der Waals surface area contributed by atoms with Crippen molar-refractivity contribution < 1.29 is 9.21 Å². The maximum Gasteiger partial charge on any atom is 0.270 e. The second-order valence-corrected chi connectivity index (χ2v) is 10.1. The van der Waals surface area contributed by atoms with E-state index in [4.69, 9.17) is 16.0 Å². The average Bonchev–Trinajstić information content (AvgIpc) is 3.59. The Morgan fingerprint density at radius 3 is 2.88 bits per heavy atom. The summed E-state index contributed by atoms with van der Waals surface area (Å²) in [6.45, 7) is 0. The van der Waals surface area contributed by atoms with Gasteiger partial charge in [-0.3, -0.25) is 9.36 Å². The van der Waals surface area contributed by atoms with Crippen molar-refractivity contribution in [1.29, 1.82) is 0 Å². The smallest absolute Gasteiger partial charge is 0.270 e. The number of amides is 1. The highest BCUT2D eigenvalue weighted by molar-refractivity contribution is 7.98. The van der Waals surface area contributed by atoms with Crippen LogP contribution in [-0.4, -0.2) is 31.7 Å². The number of thiazole rings is 1. The van der Waals surface area contributed by atoms with Gasteiger partial charge in [-0.15, -0.1) is 21.5 Å². The summed E-state index contributed by atoms with van der Waals surface area (Å²) in [4.78, 5) is 17.1. The van der Waals surface area contributed by atoms with Crippen molar-refractivity contribution >= 4 is 40.6 Å². The Morgan fingerprint density at radius 2 is 2.09 bits per heavy atom. The Hall–Kier alpha value is -2.62. The predicted molar refractivity (Wildman–Crippen MR) is 130 cm³/mol. The minimum atomic E-state index is -0.0865. The van der Waals surface area contributed by atoms with Gasteiger partial charge < -0.3 is 9.73 Å². The molecule has 1 aliphatic rings. The third-order valence-electron chi connectivity index (χ3n) is 5.49. The first-order chi connectivity index (χ1) is 16.2. The van der Waals surface area contributed by atoms with E-state index in [9.17, 15) is 4.79 Å². The lowest BCUT2D eigenvalue weighted by Gasteiger charge is -2.22. The summed E-state index contributed by atoms with van der Waals surface area (Å²) in [7, 11) is 0. The molecule has 0 bridgehead atoms. The van der Waals surface area contributed by atoms with Gasteiger partial charge in [-0.25, -0.2) is 4.98 Å². The molecule has 33 heavy (non-hydrogen) atoms. The van der Waals surface area contributed by atoms with E-state index in [-0.39, 0.29) is 11.9 Å². The van der Waals surface area contributed by atoms with Crippen LogP contribution in [0.2, 0.25) is 5.02 Å². The van der Waals surface area contributed by atoms with Gasteiger partial charge in [-0.05, 0) is 43.2 Å². The standard InChI is InChI=1S/C23H22ClN5O2S2/c24-15-6-4-9-17(12-15)29-21(19-10-5-11-31-19)27-28-23(29)33-14-20-26-18(13-32-20)22(30)25-16-7-2-1-3-8-16/h4-6,9-13,16H,1-3,7-8,14H2,(H,25,30). The van der Waals surface area contributed by atoms with Crippen molar-refractivity contribution in [2.45, 2.75) is 49.1 Å². The van der Waals surface area contributed by atoms with Gasteiger partial charge in [0.15, 0.2) is 10.9 Å². The average molecular weight is 500 g/mol. The first kappa shape index (κ1) is 22.2. The number of carbonyl (C=O) groups is 1. The summed E-state index contributed by atoms with van der Waals surface area (Å²) in [5.74, 6) is 1.69. The van der Waals surface area contributed by atoms with Crippen molar-refractivity contribution in [3.63, 3.8) is 0 Å². The van der Waals surface area contributed by atoms with E-state index in [1.54, 1.807) is 6.26 Å². The number of furan rings is 1. The molecule has 3 aromatic heterocycles. The van der Waals surface area contributed by atoms with E-state index in [1.165, 1.54) is 42.4 Å². The maximum atomic E-state index is 12.6. The molecule has 1 amide bonds. The van der Waals surface area contributed by atoms with Gasteiger partial charge in [0.05, 0.1) is 17.7 Å². The molecule has 4 aromatic rings. The number of thioether (sulfide) groups is 1. The molecule has 5 rings (SSSR count). The summed E-state index contributed by atoms with van der Waals surface area (Å²) in [6, 6.07) is 11.4. The van der Waals surface area contributed by atoms with Crippen LogP contribution in [-0.2, 0) is 5.75 Å². The Balaban J connectivity index is 1.33. The Kier molecular flexibility index (Phi) is 6.80. The van der Waals surface area contributed by atoms with E-state index in [1.807, 2.05) is 46.3 Å². The molecule has 7 nitrogen and oxygen atoms in total. The van der Waals surface area contributed by atoms with E-state index in [0.717, 1.165) is 23.5 Å². The zero-order valence-corrected chi connectivity index (χ0v) is 20.1. The maximum absolute atomic E-state index is 12.6. The molecule has 0 atom stereocenters. The first-order valence-electron chi connectivity index (χ1n) is 10.8. The number of aromatic nitrogens is 4. The van der Waals surface area contributed by atoms with Gasteiger partial charge >= 0.3 is 0 Å². The molecule has 0 radical (unpaired) electrons. The number of carbonyl (C=O) groups excluding carboxylic acids is 1. The van der Waals surface area contributed by atoms with Crippen LogP contribution in [0.4, 0.5) is 0 Å². The number of rotatable bonds is 7. The van der Waals surface area contributed by atoms with Crippen LogP contribution in [0.25, 0.3) is 17.3 Å². The van der Waals surface area contributed by atoms with E-state index < -0.39 is 0 Å². The molecule has 1 aromatic carbocycles. The summed E-state index contributed by atoms with van der Waals surface area (Å²) in [5.41, 5.74) is 1.32. The first-order valence-corrected chi connectivity index (χ1v) is 13.0. The van der Waals surface area contributed by atoms with Crippen LogP contribution in [0.1, 0.15) is 47.6 Å². The highest BCUT2D eigenvalue weighted by atomic mass is 35.5. The number of halogens is 1. The van der Waals surface area contributed by atoms with Crippen molar-refractivity contribution in [1.82, 2.24) is 25.1 Å². The summed E-state index contributed by atoms with van der Waals surface area (Å²) in [5, 5.41) is 15.8.